The Bertz CT molecular complexity index is 392. The fourth-order valence-corrected chi connectivity index (χ4v) is 3.72. The average molecular weight is 245 g/mol. The Labute approximate surface area is 109 Å². The second-order valence-electron chi connectivity index (χ2n) is 6.06. The van der Waals surface area contributed by atoms with Crippen molar-refractivity contribution in [1.82, 2.24) is 5.32 Å². The van der Waals surface area contributed by atoms with Crippen LogP contribution in [0.3, 0.4) is 0 Å². The molecule has 0 bridgehead atoms. The number of nitrogens with one attached hydrogen (secondary N) is 1. The number of phenols is 1. The summed E-state index contributed by atoms with van der Waals surface area (Å²) in [6.45, 7) is 0.937. The van der Waals surface area contributed by atoms with Crippen molar-refractivity contribution in [3.63, 3.8) is 0 Å². The van der Waals surface area contributed by atoms with Gasteiger partial charge in [0.2, 0.25) is 0 Å². The van der Waals surface area contributed by atoms with Crippen LogP contribution in [0.15, 0.2) is 24.3 Å². The molecule has 2 heteroatoms. The van der Waals surface area contributed by atoms with Gasteiger partial charge in [0, 0.05) is 12.6 Å². The number of hydrogen-bond acceptors (Lipinski definition) is 2. The first kappa shape index (κ1) is 12.0. The van der Waals surface area contributed by atoms with Gasteiger partial charge in [-0.2, -0.15) is 0 Å². The summed E-state index contributed by atoms with van der Waals surface area (Å²) < 4.78 is 0. The lowest BCUT2D eigenvalue weighted by molar-refractivity contribution is 0.0221. The summed E-state index contributed by atoms with van der Waals surface area (Å²) >= 11 is 0. The Kier molecular flexibility index (Phi) is 3.29. The van der Waals surface area contributed by atoms with E-state index in [1.54, 1.807) is 12.1 Å². The second-order valence-corrected chi connectivity index (χ2v) is 6.06. The minimum absolute atomic E-state index is 0.353. The third kappa shape index (κ3) is 2.26. The molecule has 0 aliphatic heterocycles. The highest BCUT2D eigenvalue weighted by atomic mass is 16.3. The van der Waals surface area contributed by atoms with Gasteiger partial charge in [-0.15, -0.1) is 0 Å². The van der Waals surface area contributed by atoms with E-state index in [0.717, 1.165) is 12.6 Å². The number of rotatable bonds is 3. The highest BCUT2D eigenvalue weighted by molar-refractivity contribution is 5.25. The van der Waals surface area contributed by atoms with E-state index in [0.29, 0.717) is 11.2 Å². The van der Waals surface area contributed by atoms with Gasteiger partial charge in [-0.25, -0.2) is 0 Å². The number of hydrogen-bond donors (Lipinski definition) is 2. The molecule has 98 valence electrons. The van der Waals surface area contributed by atoms with Crippen molar-refractivity contribution >= 4 is 0 Å². The quantitative estimate of drug-likeness (QED) is 0.853. The lowest BCUT2D eigenvalue weighted by atomic mass is 9.57. The maximum absolute atomic E-state index is 9.27. The fourth-order valence-electron chi connectivity index (χ4n) is 3.72. The number of benzene rings is 1. The molecule has 1 aromatic rings. The zero-order valence-electron chi connectivity index (χ0n) is 11.0. The van der Waals surface area contributed by atoms with Crippen LogP contribution in [-0.4, -0.2) is 11.1 Å². The lowest BCUT2D eigenvalue weighted by Gasteiger charge is -2.52. The monoisotopic (exact) mass is 245 g/mol. The maximum atomic E-state index is 9.27. The molecule has 0 heterocycles. The molecule has 1 atom stereocenters. The fraction of sp³-hybridized carbons (Fsp3) is 0.625. The topological polar surface area (TPSA) is 32.3 Å². The Morgan fingerprint density at radius 1 is 1.06 bits per heavy atom. The first-order chi connectivity index (χ1) is 8.78. The van der Waals surface area contributed by atoms with E-state index < -0.39 is 0 Å². The molecule has 2 fully saturated rings. The van der Waals surface area contributed by atoms with Gasteiger partial charge in [0.15, 0.2) is 0 Å². The Morgan fingerprint density at radius 3 is 2.39 bits per heavy atom. The summed E-state index contributed by atoms with van der Waals surface area (Å²) in [5, 5.41) is 13.0. The molecule has 0 amide bonds. The molecule has 0 aromatic heterocycles. The van der Waals surface area contributed by atoms with Gasteiger partial charge in [-0.05, 0) is 48.8 Å². The van der Waals surface area contributed by atoms with Crippen LogP contribution in [0.1, 0.15) is 50.5 Å². The minimum Gasteiger partial charge on any atom is -0.508 e. The molecular formula is C16H23NO. The summed E-state index contributed by atoms with van der Waals surface area (Å²) in [5.74, 6) is 0.353. The highest BCUT2D eigenvalue weighted by Crippen LogP contribution is 2.51. The summed E-state index contributed by atoms with van der Waals surface area (Å²) in [7, 11) is 0. The second kappa shape index (κ2) is 4.93. The van der Waals surface area contributed by atoms with Gasteiger partial charge < -0.3 is 10.4 Å². The smallest absolute Gasteiger partial charge is 0.115 e. The molecule has 1 aromatic carbocycles. The molecule has 3 rings (SSSR count). The predicted octanol–water partition coefficient (Wildman–Crippen LogP) is 3.59. The molecule has 1 unspecified atom stereocenters. The Hall–Kier alpha value is -1.02. The molecule has 2 aliphatic carbocycles. The van der Waals surface area contributed by atoms with Crippen LogP contribution in [0, 0.1) is 5.41 Å². The van der Waals surface area contributed by atoms with Crippen LogP contribution in [0.4, 0.5) is 0 Å². The van der Waals surface area contributed by atoms with Crippen LogP contribution in [0.5, 0.6) is 5.75 Å². The molecule has 1 spiro atoms. The molecule has 0 saturated heterocycles. The van der Waals surface area contributed by atoms with Crippen molar-refractivity contribution in [2.45, 2.75) is 57.5 Å². The SMILES string of the molecule is Oc1ccc(CNC2CCC23CCCCC3)cc1. The zero-order valence-corrected chi connectivity index (χ0v) is 11.0. The zero-order chi connectivity index (χ0) is 12.4. The van der Waals surface area contributed by atoms with Crippen molar-refractivity contribution in [2.24, 2.45) is 5.41 Å². The lowest BCUT2D eigenvalue weighted by Crippen LogP contribution is -2.53. The largest absolute Gasteiger partial charge is 0.508 e. The molecule has 2 aliphatic rings. The van der Waals surface area contributed by atoms with Gasteiger partial charge in [0.05, 0.1) is 0 Å². The van der Waals surface area contributed by atoms with Crippen LogP contribution >= 0.6 is 0 Å². The van der Waals surface area contributed by atoms with Crippen molar-refractivity contribution in [2.75, 3.05) is 0 Å². The van der Waals surface area contributed by atoms with Gasteiger partial charge in [-0.3, -0.25) is 0 Å². The van der Waals surface area contributed by atoms with Crippen LogP contribution in [0.2, 0.25) is 0 Å². The first-order valence-corrected chi connectivity index (χ1v) is 7.30. The van der Waals surface area contributed by atoms with Gasteiger partial charge >= 0.3 is 0 Å². The van der Waals surface area contributed by atoms with E-state index in [1.807, 2.05) is 12.1 Å². The first-order valence-electron chi connectivity index (χ1n) is 7.30. The summed E-state index contributed by atoms with van der Waals surface area (Å²) in [6.07, 6.45) is 9.93. The predicted molar refractivity (Wildman–Crippen MR) is 73.5 cm³/mol. The Morgan fingerprint density at radius 2 is 1.78 bits per heavy atom. The van der Waals surface area contributed by atoms with Gasteiger partial charge in [-0.1, -0.05) is 31.4 Å². The highest BCUT2D eigenvalue weighted by Gasteiger charge is 2.46. The maximum Gasteiger partial charge on any atom is 0.115 e. The molecule has 18 heavy (non-hydrogen) atoms. The van der Waals surface area contributed by atoms with E-state index in [2.05, 4.69) is 5.32 Å². The molecular weight excluding hydrogens is 222 g/mol. The third-order valence-electron chi connectivity index (χ3n) is 5.01. The normalized spacial score (nSPS) is 25.9. The summed E-state index contributed by atoms with van der Waals surface area (Å²) in [6, 6.07) is 8.29. The van der Waals surface area contributed by atoms with E-state index in [-0.39, 0.29) is 0 Å². The van der Waals surface area contributed by atoms with E-state index in [4.69, 9.17) is 0 Å². The Balaban J connectivity index is 1.55. The van der Waals surface area contributed by atoms with Crippen LogP contribution in [0.25, 0.3) is 0 Å². The van der Waals surface area contributed by atoms with E-state index >= 15 is 0 Å². The van der Waals surface area contributed by atoms with Gasteiger partial charge in [0.1, 0.15) is 5.75 Å². The summed E-state index contributed by atoms with van der Waals surface area (Å²) in [4.78, 5) is 0. The van der Waals surface area contributed by atoms with Crippen molar-refractivity contribution in [3.05, 3.63) is 29.8 Å². The molecule has 2 nitrogen and oxygen atoms in total. The van der Waals surface area contributed by atoms with Crippen molar-refractivity contribution in [1.29, 1.82) is 0 Å². The minimum atomic E-state index is 0.353. The number of phenolic OH excluding ortho intramolecular Hbond substituents is 1. The third-order valence-corrected chi connectivity index (χ3v) is 5.01. The molecule has 2 saturated carbocycles. The van der Waals surface area contributed by atoms with Crippen molar-refractivity contribution < 1.29 is 5.11 Å². The average Bonchev–Trinajstić information content (AvgIpc) is 2.41. The van der Waals surface area contributed by atoms with Crippen LogP contribution < -0.4 is 5.32 Å². The number of aromatic hydroxyl groups is 1. The standard InChI is InChI=1S/C16H23NO/c18-14-6-4-13(5-7-14)12-17-15-8-11-16(15)9-2-1-3-10-16/h4-7,15,17-18H,1-3,8-12H2. The van der Waals surface area contributed by atoms with Crippen LogP contribution in [-0.2, 0) is 6.54 Å². The van der Waals surface area contributed by atoms with E-state index in [9.17, 15) is 5.11 Å². The molecule has 0 radical (unpaired) electrons. The molecule has 2 N–H and O–H groups in total. The summed E-state index contributed by atoms with van der Waals surface area (Å²) in [5.41, 5.74) is 1.90. The van der Waals surface area contributed by atoms with Crippen molar-refractivity contribution in [3.8, 4) is 5.75 Å². The van der Waals surface area contributed by atoms with Gasteiger partial charge in [0.25, 0.3) is 0 Å². The van der Waals surface area contributed by atoms with E-state index in [1.165, 1.54) is 50.5 Å².